The molecule has 0 spiro atoms. The lowest BCUT2D eigenvalue weighted by Gasteiger charge is -2.34. The van der Waals surface area contributed by atoms with E-state index in [2.05, 4.69) is 4.90 Å². The van der Waals surface area contributed by atoms with Crippen molar-refractivity contribution in [3.8, 4) is 5.75 Å². The number of carbonyl (C=O) groups is 2. The number of rotatable bonds is 7. The van der Waals surface area contributed by atoms with Gasteiger partial charge >= 0.3 is 0 Å². The van der Waals surface area contributed by atoms with Crippen molar-refractivity contribution in [2.45, 2.75) is 20.1 Å². The van der Waals surface area contributed by atoms with E-state index < -0.39 is 0 Å². The second kappa shape index (κ2) is 10.4. The monoisotopic (exact) mass is 486 g/mol. The summed E-state index contributed by atoms with van der Waals surface area (Å²) >= 11 is 12.6. The maximum Gasteiger partial charge on any atom is 0.289 e. The molecule has 1 aliphatic heterocycles. The number of benzene rings is 2. The Balaban J connectivity index is 1.28. The molecule has 2 aromatic carbocycles. The fourth-order valence-electron chi connectivity index (χ4n) is 3.68. The van der Waals surface area contributed by atoms with Gasteiger partial charge in [0.25, 0.3) is 5.91 Å². The van der Waals surface area contributed by atoms with Crippen LogP contribution in [0.25, 0.3) is 0 Å². The third-order valence-electron chi connectivity index (χ3n) is 5.62. The van der Waals surface area contributed by atoms with Gasteiger partial charge in [-0.15, -0.1) is 0 Å². The fraction of sp³-hybridized carbons (Fsp3) is 0.280. The van der Waals surface area contributed by atoms with Gasteiger partial charge in [0.1, 0.15) is 18.1 Å². The highest BCUT2D eigenvalue weighted by atomic mass is 35.5. The molecule has 6 nitrogen and oxygen atoms in total. The summed E-state index contributed by atoms with van der Waals surface area (Å²) in [7, 11) is 0. The molecule has 0 unspecified atom stereocenters. The number of carbonyl (C=O) groups excluding carboxylic acids is 2. The van der Waals surface area contributed by atoms with Crippen LogP contribution in [0.1, 0.15) is 39.2 Å². The Bertz CT molecular complexity index is 1120. The minimum absolute atomic E-state index is 0.00392. The molecule has 4 rings (SSSR count). The minimum atomic E-state index is -0.137. The van der Waals surface area contributed by atoms with E-state index >= 15 is 0 Å². The summed E-state index contributed by atoms with van der Waals surface area (Å²) in [6.07, 6.45) is 0. The Morgan fingerprint density at radius 3 is 2.24 bits per heavy atom. The average molecular weight is 487 g/mol. The van der Waals surface area contributed by atoms with Crippen LogP contribution in [-0.4, -0.2) is 47.7 Å². The topological polar surface area (TPSA) is 63.0 Å². The highest BCUT2D eigenvalue weighted by molar-refractivity contribution is 6.35. The normalized spacial score (nSPS) is 14.3. The van der Waals surface area contributed by atoms with E-state index in [1.165, 1.54) is 6.92 Å². The second-order valence-electron chi connectivity index (χ2n) is 7.90. The van der Waals surface area contributed by atoms with E-state index in [0.717, 1.165) is 18.7 Å². The molecule has 33 heavy (non-hydrogen) atoms. The van der Waals surface area contributed by atoms with Gasteiger partial charge in [0.05, 0.1) is 0 Å². The van der Waals surface area contributed by atoms with Crippen molar-refractivity contribution in [3.63, 3.8) is 0 Å². The number of hydrogen-bond donors (Lipinski definition) is 0. The van der Waals surface area contributed by atoms with E-state index in [0.29, 0.717) is 52.5 Å². The van der Waals surface area contributed by atoms with Crippen molar-refractivity contribution >= 4 is 34.9 Å². The number of furan rings is 1. The molecule has 8 heteroatoms. The zero-order chi connectivity index (χ0) is 23.4. The summed E-state index contributed by atoms with van der Waals surface area (Å²) in [4.78, 5) is 28.2. The lowest BCUT2D eigenvalue weighted by atomic mass is 10.1. The van der Waals surface area contributed by atoms with Gasteiger partial charge in [-0.1, -0.05) is 29.3 Å². The molecule has 3 aromatic rings. The quantitative estimate of drug-likeness (QED) is 0.422. The lowest BCUT2D eigenvalue weighted by molar-refractivity contribution is 0.0594. The molecule has 0 radical (unpaired) electrons. The molecule has 172 valence electrons. The van der Waals surface area contributed by atoms with E-state index in [-0.39, 0.29) is 18.3 Å². The summed E-state index contributed by atoms with van der Waals surface area (Å²) in [5, 5.41) is 1.31. The van der Waals surface area contributed by atoms with Crippen LogP contribution >= 0.6 is 23.2 Å². The standard InChI is InChI=1S/C25H24Cl2N2O4/c1-17(30)18-5-7-19(8-6-18)32-16-20-9-10-24(33-20)25(31)29-13-11-28(12-14-29)15-21-22(26)3-2-4-23(21)27/h2-10H,11-16H2,1H3. The SMILES string of the molecule is CC(=O)c1ccc(OCc2ccc(C(=O)N3CCN(Cc4c(Cl)cccc4Cl)CC3)o2)cc1. The molecule has 1 fully saturated rings. The molecule has 0 bridgehead atoms. The Morgan fingerprint density at radius 1 is 0.939 bits per heavy atom. The van der Waals surface area contributed by atoms with Crippen LogP contribution in [0.4, 0.5) is 0 Å². The zero-order valence-corrected chi connectivity index (χ0v) is 19.7. The van der Waals surface area contributed by atoms with E-state index in [4.69, 9.17) is 32.4 Å². The number of piperazine rings is 1. The van der Waals surface area contributed by atoms with Crippen LogP contribution in [0.5, 0.6) is 5.75 Å². The molecule has 0 saturated carbocycles. The molecular weight excluding hydrogens is 463 g/mol. The number of hydrogen-bond acceptors (Lipinski definition) is 5. The first kappa shape index (κ1) is 23.4. The molecule has 1 saturated heterocycles. The Hall–Kier alpha value is -2.80. The number of ether oxygens (including phenoxy) is 1. The predicted molar refractivity (Wildman–Crippen MR) is 127 cm³/mol. The van der Waals surface area contributed by atoms with Crippen molar-refractivity contribution in [1.29, 1.82) is 0 Å². The van der Waals surface area contributed by atoms with Crippen LogP contribution in [0.15, 0.2) is 59.0 Å². The minimum Gasteiger partial charge on any atom is -0.486 e. The molecule has 0 N–H and O–H groups in total. The third kappa shape index (κ3) is 5.77. The van der Waals surface area contributed by atoms with Crippen molar-refractivity contribution in [2.75, 3.05) is 26.2 Å². The first-order valence-electron chi connectivity index (χ1n) is 10.7. The van der Waals surface area contributed by atoms with Gasteiger partial charge in [0.15, 0.2) is 11.5 Å². The fourth-order valence-corrected chi connectivity index (χ4v) is 4.20. The molecule has 1 aromatic heterocycles. The smallest absolute Gasteiger partial charge is 0.289 e. The Kier molecular flexibility index (Phi) is 7.38. The molecule has 0 atom stereocenters. The van der Waals surface area contributed by atoms with Gasteiger partial charge in [-0.2, -0.15) is 0 Å². The molecule has 2 heterocycles. The Labute approximate surface area is 202 Å². The van der Waals surface area contributed by atoms with Crippen LogP contribution in [0, 0.1) is 0 Å². The van der Waals surface area contributed by atoms with Crippen LogP contribution in [0.3, 0.4) is 0 Å². The molecule has 1 amide bonds. The first-order chi connectivity index (χ1) is 15.9. The van der Waals surface area contributed by atoms with Crippen molar-refractivity contribution in [1.82, 2.24) is 9.80 Å². The zero-order valence-electron chi connectivity index (χ0n) is 18.2. The number of amides is 1. The maximum atomic E-state index is 12.9. The average Bonchev–Trinajstić information content (AvgIpc) is 3.29. The van der Waals surface area contributed by atoms with Crippen LogP contribution < -0.4 is 4.74 Å². The van der Waals surface area contributed by atoms with Crippen molar-refractivity contribution in [2.24, 2.45) is 0 Å². The van der Waals surface area contributed by atoms with Gasteiger partial charge in [0.2, 0.25) is 0 Å². The predicted octanol–water partition coefficient (Wildman–Crippen LogP) is 5.33. The Morgan fingerprint density at radius 2 is 1.61 bits per heavy atom. The van der Waals surface area contributed by atoms with Gasteiger partial charge in [0, 0.05) is 53.9 Å². The van der Waals surface area contributed by atoms with Crippen LogP contribution in [-0.2, 0) is 13.2 Å². The summed E-state index contributed by atoms with van der Waals surface area (Å²) < 4.78 is 11.4. The molecule has 1 aliphatic rings. The number of Topliss-reactive ketones (excluding diaryl/α,β-unsaturated/α-hetero) is 1. The summed E-state index contributed by atoms with van der Waals surface area (Å²) in [5.74, 6) is 1.34. The van der Waals surface area contributed by atoms with Gasteiger partial charge in [-0.25, -0.2) is 0 Å². The number of nitrogens with zero attached hydrogens (tertiary/aromatic N) is 2. The first-order valence-corrected chi connectivity index (χ1v) is 11.4. The highest BCUT2D eigenvalue weighted by Gasteiger charge is 2.25. The van der Waals surface area contributed by atoms with Crippen LogP contribution in [0.2, 0.25) is 10.0 Å². The van der Waals surface area contributed by atoms with Gasteiger partial charge in [-0.05, 0) is 55.5 Å². The van der Waals surface area contributed by atoms with Gasteiger partial charge in [-0.3, -0.25) is 14.5 Å². The number of ketones is 1. The maximum absolute atomic E-state index is 12.9. The molecule has 0 aliphatic carbocycles. The third-order valence-corrected chi connectivity index (χ3v) is 6.33. The summed E-state index contributed by atoms with van der Waals surface area (Å²) in [6.45, 7) is 4.99. The van der Waals surface area contributed by atoms with Crippen molar-refractivity contribution in [3.05, 3.63) is 87.3 Å². The summed E-state index contributed by atoms with van der Waals surface area (Å²) in [5.41, 5.74) is 1.54. The summed E-state index contributed by atoms with van der Waals surface area (Å²) in [6, 6.07) is 15.8. The molecular formula is C25H24Cl2N2O4. The largest absolute Gasteiger partial charge is 0.486 e. The number of halogens is 2. The lowest BCUT2D eigenvalue weighted by Crippen LogP contribution is -2.48. The van der Waals surface area contributed by atoms with Crippen molar-refractivity contribution < 1.29 is 18.7 Å². The van der Waals surface area contributed by atoms with Gasteiger partial charge < -0.3 is 14.1 Å². The van der Waals surface area contributed by atoms with E-state index in [9.17, 15) is 9.59 Å². The van der Waals surface area contributed by atoms with E-state index in [1.807, 2.05) is 18.2 Å². The van der Waals surface area contributed by atoms with E-state index in [1.54, 1.807) is 41.3 Å². The highest BCUT2D eigenvalue weighted by Crippen LogP contribution is 2.26. The second-order valence-corrected chi connectivity index (χ2v) is 8.72.